The highest BCUT2D eigenvalue weighted by atomic mass is 32.2. The van der Waals surface area contributed by atoms with Crippen LogP contribution in [0.2, 0.25) is 0 Å². The van der Waals surface area contributed by atoms with Gasteiger partial charge in [0.15, 0.2) is 0 Å². The van der Waals surface area contributed by atoms with E-state index in [-0.39, 0.29) is 11.2 Å². The lowest BCUT2D eigenvalue weighted by Crippen LogP contribution is -2.22. The van der Waals surface area contributed by atoms with Crippen LogP contribution in [0.1, 0.15) is 59.8 Å². The number of hydrogen-bond donors (Lipinski definition) is 0. The van der Waals surface area contributed by atoms with Crippen molar-refractivity contribution in [2.24, 2.45) is 5.92 Å². The van der Waals surface area contributed by atoms with Crippen LogP contribution in [0.4, 0.5) is 4.39 Å². The zero-order valence-electron chi connectivity index (χ0n) is 12.8. The molecule has 0 radical (unpaired) electrons. The average Bonchev–Trinajstić information content (AvgIpc) is 2.36. The van der Waals surface area contributed by atoms with Gasteiger partial charge < -0.3 is 4.74 Å². The summed E-state index contributed by atoms with van der Waals surface area (Å²) in [5.41, 5.74) is 0. The van der Waals surface area contributed by atoms with Gasteiger partial charge in [0.05, 0.1) is 12.8 Å². The van der Waals surface area contributed by atoms with Crippen molar-refractivity contribution in [1.29, 1.82) is 0 Å². The monoisotopic (exact) mass is 292 g/mol. The van der Waals surface area contributed by atoms with Crippen LogP contribution in [-0.2, 0) is 9.53 Å². The summed E-state index contributed by atoms with van der Waals surface area (Å²) in [4.78, 5) is 11.8. The van der Waals surface area contributed by atoms with Crippen molar-refractivity contribution in [1.82, 2.24) is 0 Å². The van der Waals surface area contributed by atoms with Crippen LogP contribution in [0, 0.1) is 5.92 Å². The second kappa shape index (κ2) is 11.6. The van der Waals surface area contributed by atoms with E-state index in [1.54, 1.807) is 11.8 Å². The molecule has 0 saturated carbocycles. The van der Waals surface area contributed by atoms with Gasteiger partial charge in [-0.05, 0) is 50.7 Å². The molecule has 0 heterocycles. The van der Waals surface area contributed by atoms with Crippen LogP contribution in [-0.4, -0.2) is 29.8 Å². The van der Waals surface area contributed by atoms with E-state index in [1.165, 1.54) is 0 Å². The first kappa shape index (κ1) is 18.8. The number of carbonyl (C=O) groups is 1. The van der Waals surface area contributed by atoms with Crippen molar-refractivity contribution in [2.75, 3.05) is 12.4 Å². The fraction of sp³-hybridized carbons (Fsp3) is 0.933. The molecule has 0 rings (SSSR count). The van der Waals surface area contributed by atoms with Gasteiger partial charge in [-0.15, -0.1) is 11.8 Å². The van der Waals surface area contributed by atoms with Crippen molar-refractivity contribution in [3.05, 3.63) is 0 Å². The van der Waals surface area contributed by atoms with Gasteiger partial charge in [-0.3, -0.25) is 4.79 Å². The highest BCUT2D eigenvalue weighted by Crippen LogP contribution is 2.22. The Bertz CT molecular complexity index is 234. The van der Waals surface area contributed by atoms with Crippen molar-refractivity contribution in [2.45, 2.75) is 71.2 Å². The van der Waals surface area contributed by atoms with E-state index in [4.69, 9.17) is 4.74 Å². The number of halogens is 1. The second-order valence-corrected chi connectivity index (χ2v) is 6.55. The van der Waals surface area contributed by atoms with Crippen LogP contribution in [0.25, 0.3) is 0 Å². The molecule has 0 saturated heterocycles. The molecule has 4 heteroatoms. The number of esters is 1. The van der Waals surface area contributed by atoms with Crippen molar-refractivity contribution in [3.8, 4) is 0 Å². The van der Waals surface area contributed by atoms with E-state index in [0.717, 1.165) is 25.0 Å². The smallest absolute Gasteiger partial charge is 0.319 e. The quantitative estimate of drug-likeness (QED) is 0.411. The molecule has 2 atom stereocenters. The highest BCUT2D eigenvalue weighted by Gasteiger charge is 2.21. The Balaban J connectivity index is 3.89. The molecular formula is C15H29FO2S. The zero-order chi connectivity index (χ0) is 14.7. The van der Waals surface area contributed by atoms with Gasteiger partial charge in [-0.25, -0.2) is 4.39 Å². The lowest BCUT2D eigenvalue weighted by atomic mass is 10.1. The van der Waals surface area contributed by atoms with Crippen LogP contribution in [0.5, 0.6) is 0 Å². The summed E-state index contributed by atoms with van der Waals surface area (Å²) in [5.74, 6) is 1.29. The molecule has 0 aromatic rings. The Kier molecular flexibility index (Phi) is 11.4. The molecule has 0 bridgehead atoms. The summed E-state index contributed by atoms with van der Waals surface area (Å²) >= 11 is 1.66. The van der Waals surface area contributed by atoms with E-state index in [2.05, 4.69) is 13.8 Å². The number of hydrogen-bond acceptors (Lipinski definition) is 3. The minimum Gasteiger partial charge on any atom is -0.465 e. The number of carbonyl (C=O) groups excluding carboxylic acids is 1. The van der Waals surface area contributed by atoms with Crippen LogP contribution < -0.4 is 0 Å². The van der Waals surface area contributed by atoms with Gasteiger partial charge in [0.1, 0.15) is 5.25 Å². The molecule has 114 valence electrons. The standard InChI is InChI=1S/C15H29FO2S/c1-5-13(16)9-7-8-10-19-14(11-12(3)4)15(17)18-6-2/h12-14H,5-11H2,1-4H3. The third kappa shape index (κ3) is 10.2. The lowest BCUT2D eigenvalue weighted by Gasteiger charge is -2.17. The molecule has 0 fully saturated rings. The lowest BCUT2D eigenvalue weighted by molar-refractivity contribution is -0.142. The normalized spacial score (nSPS) is 14.4. The maximum atomic E-state index is 13.0. The third-order valence-corrected chi connectivity index (χ3v) is 4.22. The molecule has 2 unspecified atom stereocenters. The Morgan fingerprint density at radius 1 is 1.26 bits per heavy atom. The number of ether oxygens (including phenoxy) is 1. The van der Waals surface area contributed by atoms with Gasteiger partial charge in [0.25, 0.3) is 0 Å². The maximum Gasteiger partial charge on any atom is 0.319 e. The largest absolute Gasteiger partial charge is 0.465 e. The number of alkyl halides is 1. The molecule has 0 aliphatic carbocycles. The summed E-state index contributed by atoms with van der Waals surface area (Å²) < 4.78 is 18.1. The summed E-state index contributed by atoms with van der Waals surface area (Å²) in [6.07, 6.45) is 3.31. The van der Waals surface area contributed by atoms with Crippen molar-refractivity contribution >= 4 is 17.7 Å². The van der Waals surface area contributed by atoms with Crippen LogP contribution >= 0.6 is 11.8 Å². The molecule has 0 N–H and O–H groups in total. The fourth-order valence-electron chi connectivity index (χ4n) is 1.79. The van der Waals surface area contributed by atoms with E-state index >= 15 is 0 Å². The average molecular weight is 292 g/mol. The van der Waals surface area contributed by atoms with E-state index in [9.17, 15) is 9.18 Å². The van der Waals surface area contributed by atoms with Gasteiger partial charge in [-0.2, -0.15) is 0 Å². The first-order valence-corrected chi connectivity index (χ1v) is 8.48. The Morgan fingerprint density at radius 2 is 1.95 bits per heavy atom. The third-order valence-electron chi connectivity index (χ3n) is 2.91. The molecule has 0 aromatic heterocycles. The summed E-state index contributed by atoms with van der Waals surface area (Å²) in [6.45, 7) is 8.37. The molecular weight excluding hydrogens is 263 g/mol. The van der Waals surface area contributed by atoms with E-state index in [1.807, 2.05) is 13.8 Å². The van der Waals surface area contributed by atoms with Gasteiger partial charge in [0.2, 0.25) is 0 Å². The highest BCUT2D eigenvalue weighted by molar-refractivity contribution is 8.00. The van der Waals surface area contributed by atoms with Crippen LogP contribution in [0.3, 0.4) is 0 Å². The zero-order valence-corrected chi connectivity index (χ0v) is 13.6. The minimum absolute atomic E-state index is 0.0627. The van der Waals surface area contributed by atoms with Crippen molar-refractivity contribution in [3.63, 3.8) is 0 Å². The molecule has 0 amide bonds. The molecule has 0 aliphatic heterocycles. The predicted molar refractivity (Wildman–Crippen MR) is 81.4 cm³/mol. The first-order chi connectivity index (χ1) is 9.01. The SMILES string of the molecule is CCOC(=O)C(CC(C)C)SCCCCC(F)CC. The Hall–Kier alpha value is -0.250. The van der Waals surface area contributed by atoms with Crippen molar-refractivity contribution < 1.29 is 13.9 Å². The minimum atomic E-state index is -0.665. The van der Waals surface area contributed by atoms with Gasteiger partial charge >= 0.3 is 5.97 Å². The van der Waals surface area contributed by atoms with Crippen LogP contribution in [0.15, 0.2) is 0 Å². The first-order valence-electron chi connectivity index (χ1n) is 7.43. The second-order valence-electron chi connectivity index (χ2n) is 5.24. The number of unbranched alkanes of at least 4 members (excludes halogenated alkanes) is 1. The number of rotatable bonds is 11. The van der Waals surface area contributed by atoms with Gasteiger partial charge in [-0.1, -0.05) is 20.8 Å². The molecule has 0 aliphatic rings. The molecule has 19 heavy (non-hydrogen) atoms. The Labute approximate surface area is 121 Å². The molecule has 0 spiro atoms. The van der Waals surface area contributed by atoms with E-state index in [0.29, 0.717) is 25.4 Å². The molecule has 0 aromatic carbocycles. The molecule has 2 nitrogen and oxygen atoms in total. The maximum absolute atomic E-state index is 13.0. The predicted octanol–water partition coefficient (Wildman–Crippen LogP) is 4.62. The van der Waals surface area contributed by atoms with E-state index < -0.39 is 6.17 Å². The topological polar surface area (TPSA) is 26.3 Å². The summed E-state index contributed by atoms with van der Waals surface area (Å²) in [6, 6.07) is 0. The van der Waals surface area contributed by atoms with Gasteiger partial charge in [0, 0.05) is 0 Å². The summed E-state index contributed by atoms with van der Waals surface area (Å²) in [5, 5.41) is -0.0627. The Morgan fingerprint density at radius 3 is 2.47 bits per heavy atom. The number of thioether (sulfide) groups is 1. The fourth-order valence-corrected chi connectivity index (χ4v) is 3.17. The summed E-state index contributed by atoms with van der Waals surface area (Å²) in [7, 11) is 0.